The lowest BCUT2D eigenvalue weighted by Crippen LogP contribution is -2.46. The lowest BCUT2D eigenvalue weighted by atomic mass is 9.80. The number of rotatable bonds is 3. The van der Waals surface area contributed by atoms with Gasteiger partial charge in [0.15, 0.2) is 0 Å². The molecule has 1 saturated heterocycles. The van der Waals surface area contributed by atoms with E-state index in [0.29, 0.717) is 5.92 Å². The number of halogens is 2. The van der Waals surface area contributed by atoms with E-state index in [2.05, 4.69) is 41.2 Å². The number of hydrogen-bond acceptors (Lipinski definition) is 1. The van der Waals surface area contributed by atoms with Crippen molar-refractivity contribution < 1.29 is 0 Å². The zero-order chi connectivity index (χ0) is 12.5. The van der Waals surface area contributed by atoms with Crippen LogP contribution in [0.5, 0.6) is 0 Å². The Morgan fingerprint density at radius 3 is 2.82 bits per heavy atom. The van der Waals surface area contributed by atoms with Gasteiger partial charge in [-0.3, -0.25) is 0 Å². The van der Waals surface area contributed by atoms with E-state index in [1.807, 2.05) is 12.1 Å². The molecule has 0 radical (unpaired) electrons. The molecule has 2 rings (SSSR count). The molecule has 1 atom stereocenters. The highest BCUT2D eigenvalue weighted by Crippen LogP contribution is 2.34. The van der Waals surface area contributed by atoms with Gasteiger partial charge < -0.3 is 5.32 Å². The van der Waals surface area contributed by atoms with Gasteiger partial charge in [-0.1, -0.05) is 41.4 Å². The Balaban J connectivity index is 2.26. The van der Waals surface area contributed by atoms with E-state index in [0.717, 1.165) is 22.5 Å². The topological polar surface area (TPSA) is 12.0 Å². The van der Waals surface area contributed by atoms with Gasteiger partial charge in [0, 0.05) is 15.0 Å². The van der Waals surface area contributed by atoms with Crippen LogP contribution in [0.1, 0.15) is 32.3 Å². The van der Waals surface area contributed by atoms with Crippen LogP contribution in [0.3, 0.4) is 0 Å². The second kappa shape index (κ2) is 5.29. The first-order valence-electron chi connectivity index (χ1n) is 6.22. The molecule has 1 heterocycles. The molecule has 1 N–H and O–H groups in total. The zero-order valence-electron chi connectivity index (χ0n) is 10.4. The van der Waals surface area contributed by atoms with E-state index in [-0.39, 0.29) is 5.54 Å². The summed E-state index contributed by atoms with van der Waals surface area (Å²) < 4.78 is 1.11. The Kier molecular flexibility index (Phi) is 4.17. The van der Waals surface area contributed by atoms with Crippen molar-refractivity contribution in [2.24, 2.45) is 5.92 Å². The second-order valence-corrected chi connectivity index (χ2v) is 6.58. The summed E-state index contributed by atoms with van der Waals surface area (Å²) in [5, 5.41) is 4.57. The van der Waals surface area contributed by atoms with Crippen molar-refractivity contribution in [3.63, 3.8) is 0 Å². The number of hydrogen-bond donors (Lipinski definition) is 1. The van der Waals surface area contributed by atoms with Gasteiger partial charge in [-0.15, -0.1) is 0 Å². The van der Waals surface area contributed by atoms with Crippen LogP contribution in [0.25, 0.3) is 0 Å². The van der Waals surface area contributed by atoms with Gasteiger partial charge >= 0.3 is 0 Å². The molecule has 1 aliphatic heterocycles. The van der Waals surface area contributed by atoms with E-state index in [1.54, 1.807) is 0 Å². The van der Waals surface area contributed by atoms with Gasteiger partial charge in [0.25, 0.3) is 0 Å². The Hall–Kier alpha value is -0.0500. The van der Waals surface area contributed by atoms with Gasteiger partial charge in [0.05, 0.1) is 0 Å². The van der Waals surface area contributed by atoms with Crippen molar-refractivity contribution in [3.8, 4) is 0 Å². The predicted octanol–water partition coefficient (Wildman–Crippen LogP) is 4.42. The van der Waals surface area contributed by atoms with Crippen molar-refractivity contribution >= 4 is 27.5 Å². The van der Waals surface area contributed by atoms with Crippen molar-refractivity contribution in [2.45, 2.75) is 38.6 Å². The largest absolute Gasteiger partial charge is 0.311 e. The molecule has 1 aliphatic rings. The van der Waals surface area contributed by atoms with Crippen LogP contribution in [0, 0.1) is 5.92 Å². The van der Waals surface area contributed by atoms with Crippen LogP contribution in [-0.2, 0) is 6.42 Å². The van der Waals surface area contributed by atoms with E-state index in [1.165, 1.54) is 18.4 Å². The minimum atomic E-state index is 0.227. The smallest absolute Gasteiger partial charge is 0.0439 e. The monoisotopic (exact) mass is 315 g/mol. The fourth-order valence-corrected chi connectivity index (χ4v) is 3.29. The molecular weight excluding hydrogens is 298 g/mol. The summed E-state index contributed by atoms with van der Waals surface area (Å²) in [5.41, 5.74) is 1.47. The summed E-state index contributed by atoms with van der Waals surface area (Å²) in [6.45, 7) is 5.72. The number of nitrogens with one attached hydrogen (secondary N) is 1. The Morgan fingerprint density at radius 2 is 2.24 bits per heavy atom. The van der Waals surface area contributed by atoms with Gasteiger partial charge in [0.1, 0.15) is 0 Å². The third-order valence-electron chi connectivity index (χ3n) is 3.90. The molecule has 1 fully saturated rings. The molecule has 0 amide bonds. The molecule has 94 valence electrons. The van der Waals surface area contributed by atoms with Crippen LogP contribution in [-0.4, -0.2) is 12.1 Å². The molecule has 0 bridgehead atoms. The summed E-state index contributed by atoms with van der Waals surface area (Å²) in [5.74, 6) is 0.625. The average molecular weight is 317 g/mol. The first-order chi connectivity index (χ1) is 8.03. The van der Waals surface area contributed by atoms with E-state index < -0.39 is 0 Å². The van der Waals surface area contributed by atoms with Crippen molar-refractivity contribution in [1.82, 2.24) is 5.32 Å². The third kappa shape index (κ3) is 2.86. The minimum absolute atomic E-state index is 0.227. The van der Waals surface area contributed by atoms with Gasteiger partial charge in [-0.2, -0.15) is 0 Å². The summed E-state index contributed by atoms with van der Waals surface area (Å²) in [6, 6.07) is 6.12. The first kappa shape index (κ1) is 13.4. The molecule has 0 saturated carbocycles. The molecular formula is C14H19BrClN. The maximum absolute atomic E-state index is 6.29. The van der Waals surface area contributed by atoms with Gasteiger partial charge in [0.2, 0.25) is 0 Å². The highest BCUT2D eigenvalue weighted by Gasteiger charge is 2.36. The molecule has 1 aromatic carbocycles. The van der Waals surface area contributed by atoms with E-state index in [4.69, 9.17) is 11.6 Å². The standard InChI is InChI=1S/C14H19BrClN/c1-10(2)14(6-3-7-17-14)9-11-8-12(15)4-5-13(11)16/h4-5,8,10,17H,3,6-7,9H2,1-2H3. The van der Waals surface area contributed by atoms with Crippen molar-refractivity contribution in [3.05, 3.63) is 33.3 Å². The van der Waals surface area contributed by atoms with E-state index in [9.17, 15) is 0 Å². The van der Waals surface area contributed by atoms with Crippen molar-refractivity contribution in [1.29, 1.82) is 0 Å². The van der Waals surface area contributed by atoms with Gasteiger partial charge in [-0.25, -0.2) is 0 Å². The maximum Gasteiger partial charge on any atom is 0.0439 e. The van der Waals surface area contributed by atoms with Crippen LogP contribution < -0.4 is 5.32 Å². The summed E-state index contributed by atoms with van der Waals surface area (Å²) in [7, 11) is 0. The fourth-order valence-electron chi connectivity index (χ4n) is 2.70. The fraction of sp³-hybridized carbons (Fsp3) is 0.571. The molecule has 1 unspecified atom stereocenters. The normalized spacial score (nSPS) is 24.5. The second-order valence-electron chi connectivity index (χ2n) is 5.25. The maximum atomic E-state index is 6.29. The quantitative estimate of drug-likeness (QED) is 0.870. The molecule has 0 aromatic heterocycles. The Morgan fingerprint density at radius 1 is 1.47 bits per heavy atom. The highest BCUT2D eigenvalue weighted by atomic mass is 79.9. The first-order valence-corrected chi connectivity index (χ1v) is 7.39. The molecule has 1 nitrogen and oxygen atoms in total. The SMILES string of the molecule is CC(C)C1(Cc2cc(Br)ccc2Cl)CCCN1. The lowest BCUT2D eigenvalue weighted by Gasteiger charge is -2.34. The zero-order valence-corrected chi connectivity index (χ0v) is 12.7. The van der Waals surface area contributed by atoms with Gasteiger partial charge in [-0.05, 0) is 55.5 Å². The van der Waals surface area contributed by atoms with Crippen LogP contribution in [0.4, 0.5) is 0 Å². The lowest BCUT2D eigenvalue weighted by molar-refractivity contribution is 0.269. The molecule has 0 spiro atoms. The average Bonchev–Trinajstić information content (AvgIpc) is 2.73. The minimum Gasteiger partial charge on any atom is -0.311 e. The number of benzene rings is 1. The predicted molar refractivity (Wildman–Crippen MR) is 77.7 cm³/mol. The van der Waals surface area contributed by atoms with Crippen LogP contribution in [0.2, 0.25) is 5.02 Å². The molecule has 3 heteroatoms. The highest BCUT2D eigenvalue weighted by molar-refractivity contribution is 9.10. The molecule has 0 aliphatic carbocycles. The van der Waals surface area contributed by atoms with Crippen LogP contribution in [0.15, 0.2) is 22.7 Å². The molecule has 17 heavy (non-hydrogen) atoms. The summed E-state index contributed by atoms with van der Waals surface area (Å²) in [4.78, 5) is 0. The Labute approximate surface area is 117 Å². The third-order valence-corrected chi connectivity index (χ3v) is 4.76. The molecule has 1 aromatic rings. The van der Waals surface area contributed by atoms with E-state index >= 15 is 0 Å². The summed E-state index contributed by atoms with van der Waals surface area (Å²) >= 11 is 9.81. The van der Waals surface area contributed by atoms with Crippen molar-refractivity contribution in [2.75, 3.05) is 6.54 Å². The van der Waals surface area contributed by atoms with Crippen LogP contribution >= 0.6 is 27.5 Å². The Bertz CT molecular complexity index is 397. The summed E-state index contributed by atoms with van der Waals surface area (Å²) in [6.07, 6.45) is 3.53.